The first kappa shape index (κ1) is 9.12. The predicted molar refractivity (Wildman–Crippen MR) is 45.7 cm³/mol. The highest BCUT2D eigenvalue weighted by atomic mass is 32.2. The van der Waals surface area contributed by atoms with Crippen LogP contribution < -0.4 is 5.32 Å². The molecule has 0 aromatic carbocycles. The Labute approximate surface area is 74.3 Å². The van der Waals surface area contributed by atoms with Crippen LogP contribution in [0.5, 0.6) is 0 Å². The van der Waals surface area contributed by atoms with E-state index in [-0.39, 0.29) is 0 Å². The number of ether oxygens (including phenoxy) is 1. The van der Waals surface area contributed by atoms with E-state index in [4.69, 9.17) is 0 Å². The van der Waals surface area contributed by atoms with Gasteiger partial charge < -0.3 is 4.74 Å². The van der Waals surface area contributed by atoms with Crippen molar-refractivity contribution in [3.05, 3.63) is 11.5 Å². The maximum atomic E-state index is 10.8. The number of hydrogen-bond acceptors (Lipinski definition) is 4. The average molecular weight is 187 g/mol. The van der Waals surface area contributed by atoms with Gasteiger partial charge in [-0.3, -0.25) is 10.1 Å². The van der Waals surface area contributed by atoms with Crippen LogP contribution in [0.2, 0.25) is 0 Å². The summed E-state index contributed by atoms with van der Waals surface area (Å²) in [7, 11) is 1.26. The zero-order valence-corrected chi connectivity index (χ0v) is 7.39. The number of carbonyl (C=O) groups excluding carboxylic acids is 2. The Bertz CT molecular complexity index is 219. The maximum absolute atomic E-state index is 10.8. The monoisotopic (exact) mass is 187 g/mol. The number of methoxy groups -OCH3 is 1. The molecule has 0 aromatic rings. The lowest BCUT2D eigenvalue weighted by molar-refractivity contribution is -0.110. The molecule has 1 aliphatic rings. The molecule has 0 spiro atoms. The van der Waals surface area contributed by atoms with Gasteiger partial charge >= 0.3 is 6.09 Å². The minimum atomic E-state index is -0.840. The van der Waals surface area contributed by atoms with E-state index < -0.39 is 11.0 Å². The molecule has 1 N–H and O–H groups in total. The molecule has 66 valence electrons. The van der Waals surface area contributed by atoms with Crippen LogP contribution in [0.25, 0.3) is 0 Å². The fraction of sp³-hybridized carbons (Fsp3) is 0.429. The standard InChI is InChI=1S/C7H9NO3S/c1-11-6(10)8-7(5-9)3-2-4-12-7/h2,4-5H,3H2,1H3,(H,8,10). The van der Waals surface area contributed by atoms with Crippen molar-refractivity contribution < 1.29 is 14.3 Å². The summed E-state index contributed by atoms with van der Waals surface area (Å²) in [6.07, 6.45) is 2.47. The average Bonchev–Trinajstić information content (AvgIpc) is 2.54. The molecule has 0 radical (unpaired) electrons. The first-order chi connectivity index (χ1) is 5.72. The maximum Gasteiger partial charge on any atom is 0.408 e. The van der Waals surface area contributed by atoms with Gasteiger partial charge in [-0.05, 0) is 5.41 Å². The summed E-state index contributed by atoms with van der Waals surface area (Å²) in [5, 5.41) is 4.25. The number of carbonyl (C=O) groups is 2. The quantitative estimate of drug-likeness (QED) is 0.652. The fourth-order valence-electron chi connectivity index (χ4n) is 0.850. The highest BCUT2D eigenvalue weighted by molar-refractivity contribution is 8.04. The van der Waals surface area contributed by atoms with Gasteiger partial charge in [0.1, 0.15) is 0 Å². The van der Waals surface area contributed by atoms with Crippen molar-refractivity contribution in [2.75, 3.05) is 7.11 Å². The molecule has 0 fully saturated rings. The normalized spacial score (nSPS) is 26.8. The zero-order chi connectivity index (χ0) is 9.03. The number of nitrogens with one attached hydrogen (secondary N) is 1. The minimum absolute atomic E-state index is 0.510. The third kappa shape index (κ3) is 1.79. The summed E-state index contributed by atoms with van der Waals surface area (Å²) in [5.74, 6) is 0. The molecule has 1 rings (SSSR count). The number of rotatable bonds is 2. The van der Waals surface area contributed by atoms with Gasteiger partial charge in [0, 0.05) is 6.42 Å². The molecule has 5 heteroatoms. The Hall–Kier alpha value is -0.970. The molecule has 0 saturated carbocycles. The summed E-state index contributed by atoms with van der Waals surface area (Å²) >= 11 is 1.27. The minimum Gasteiger partial charge on any atom is -0.453 e. The molecule has 1 atom stereocenters. The fourth-order valence-corrected chi connectivity index (χ4v) is 1.68. The van der Waals surface area contributed by atoms with Crippen LogP contribution in [0, 0.1) is 0 Å². The van der Waals surface area contributed by atoms with Crippen molar-refractivity contribution in [1.82, 2.24) is 5.32 Å². The smallest absolute Gasteiger partial charge is 0.408 e. The number of alkyl carbamates (subject to hydrolysis) is 1. The lowest BCUT2D eigenvalue weighted by Gasteiger charge is -2.21. The third-order valence-electron chi connectivity index (χ3n) is 1.49. The van der Waals surface area contributed by atoms with E-state index in [1.807, 2.05) is 6.08 Å². The van der Waals surface area contributed by atoms with Gasteiger partial charge in [-0.25, -0.2) is 4.79 Å². The molecule has 1 unspecified atom stereocenters. The van der Waals surface area contributed by atoms with Gasteiger partial charge in [-0.15, -0.1) is 0 Å². The Morgan fingerprint density at radius 3 is 3.00 bits per heavy atom. The van der Waals surface area contributed by atoms with Crippen molar-refractivity contribution in [3.8, 4) is 0 Å². The third-order valence-corrected chi connectivity index (χ3v) is 2.60. The summed E-state index contributed by atoms with van der Waals surface area (Å²) in [6.45, 7) is 0. The Kier molecular flexibility index (Phi) is 2.75. The van der Waals surface area contributed by atoms with Crippen LogP contribution in [-0.2, 0) is 9.53 Å². The first-order valence-electron chi connectivity index (χ1n) is 3.38. The molecule has 4 nitrogen and oxygen atoms in total. The highest BCUT2D eigenvalue weighted by Crippen LogP contribution is 2.31. The molecule has 0 aromatic heterocycles. The van der Waals surface area contributed by atoms with E-state index in [1.165, 1.54) is 18.9 Å². The summed E-state index contributed by atoms with van der Waals surface area (Å²) in [4.78, 5) is 20.6. The summed E-state index contributed by atoms with van der Waals surface area (Å²) < 4.78 is 4.39. The van der Waals surface area contributed by atoms with Crippen LogP contribution in [0.15, 0.2) is 11.5 Å². The number of amides is 1. The van der Waals surface area contributed by atoms with Gasteiger partial charge in [-0.2, -0.15) is 0 Å². The van der Waals surface area contributed by atoms with Crippen LogP contribution in [0.1, 0.15) is 6.42 Å². The molecule has 0 saturated heterocycles. The molecule has 1 amide bonds. The molecule has 0 aliphatic carbocycles. The molecule has 1 aliphatic heterocycles. The topological polar surface area (TPSA) is 55.4 Å². The zero-order valence-electron chi connectivity index (χ0n) is 6.57. The summed E-state index contributed by atoms with van der Waals surface area (Å²) in [6, 6.07) is 0. The second kappa shape index (κ2) is 3.62. The second-order valence-electron chi connectivity index (χ2n) is 2.32. The van der Waals surface area contributed by atoms with Crippen molar-refractivity contribution in [2.24, 2.45) is 0 Å². The predicted octanol–water partition coefficient (Wildman–Crippen LogP) is 0.888. The van der Waals surface area contributed by atoms with Crippen molar-refractivity contribution >= 4 is 24.1 Å². The van der Waals surface area contributed by atoms with E-state index in [0.717, 1.165) is 0 Å². The van der Waals surface area contributed by atoms with Gasteiger partial charge in [0.2, 0.25) is 0 Å². The Morgan fingerprint density at radius 2 is 2.58 bits per heavy atom. The van der Waals surface area contributed by atoms with E-state index >= 15 is 0 Å². The molecule has 1 heterocycles. The molecular formula is C7H9NO3S. The van der Waals surface area contributed by atoms with Crippen molar-refractivity contribution in [2.45, 2.75) is 11.3 Å². The van der Waals surface area contributed by atoms with Crippen molar-refractivity contribution in [1.29, 1.82) is 0 Å². The number of aldehydes is 1. The number of thioether (sulfide) groups is 1. The molecule has 0 bridgehead atoms. The van der Waals surface area contributed by atoms with E-state index in [1.54, 1.807) is 5.41 Å². The van der Waals surface area contributed by atoms with Crippen LogP contribution >= 0.6 is 11.8 Å². The largest absolute Gasteiger partial charge is 0.453 e. The highest BCUT2D eigenvalue weighted by Gasteiger charge is 2.33. The van der Waals surface area contributed by atoms with Gasteiger partial charge in [0.05, 0.1) is 7.11 Å². The molecule has 12 heavy (non-hydrogen) atoms. The number of hydrogen-bond donors (Lipinski definition) is 1. The molecular weight excluding hydrogens is 178 g/mol. The van der Waals surface area contributed by atoms with Gasteiger partial charge in [0.25, 0.3) is 0 Å². The summed E-state index contributed by atoms with van der Waals surface area (Å²) in [5.41, 5.74) is 0. The second-order valence-corrected chi connectivity index (χ2v) is 3.55. The van der Waals surface area contributed by atoms with E-state index in [2.05, 4.69) is 10.1 Å². The lowest BCUT2D eigenvalue weighted by atomic mass is 10.2. The van der Waals surface area contributed by atoms with Crippen LogP contribution in [0.4, 0.5) is 4.79 Å². The first-order valence-corrected chi connectivity index (χ1v) is 4.26. The lowest BCUT2D eigenvalue weighted by Crippen LogP contribution is -2.45. The van der Waals surface area contributed by atoms with Gasteiger partial charge in [-0.1, -0.05) is 17.8 Å². The van der Waals surface area contributed by atoms with Crippen LogP contribution in [-0.4, -0.2) is 24.4 Å². The van der Waals surface area contributed by atoms with Gasteiger partial charge in [0.15, 0.2) is 11.2 Å². The SMILES string of the molecule is COC(=O)NC1(C=O)CC=CS1. The Balaban J connectivity index is 2.57. The van der Waals surface area contributed by atoms with E-state index in [0.29, 0.717) is 12.7 Å². The van der Waals surface area contributed by atoms with E-state index in [9.17, 15) is 9.59 Å². The Morgan fingerprint density at radius 1 is 1.83 bits per heavy atom. The van der Waals surface area contributed by atoms with Crippen molar-refractivity contribution in [3.63, 3.8) is 0 Å². The van der Waals surface area contributed by atoms with Crippen LogP contribution in [0.3, 0.4) is 0 Å².